The fraction of sp³-hybridized carbons (Fsp3) is 0.231. The molecule has 0 aliphatic rings. The summed E-state index contributed by atoms with van der Waals surface area (Å²) in [5.41, 5.74) is 3.68. The molecule has 2 rings (SSSR count). The Bertz CT molecular complexity index is 547. The first-order valence-corrected chi connectivity index (χ1v) is 5.85. The van der Waals surface area contributed by atoms with E-state index < -0.39 is 0 Å². The molecule has 0 aliphatic heterocycles. The number of nitrogen functional groups attached to an aromatic ring is 1. The molecule has 0 unspecified atom stereocenters. The molecule has 0 saturated heterocycles. The van der Waals surface area contributed by atoms with E-state index in [0.29, 0.717) is 12.1 Å². The number of nitrogens with zero attached hydrogens (tertiary/aromatic N) is 2. The fourth-order valence-electron chi connectivity index (χ4n) is 1.94. The zero-order valence-corrected chi connectivity index (χ0v) is 10.3. The molecule has 0 spiro atoms. The van der Waals surface area contributed by atoms with Gasteiger partial charge in [0.2, 0.25) is 0 Å². The lowest BCUT2D eigenvalue weighted by Gasteiger charge is -2.10. The number of amides is 1. The van der Waals surface area contributed by atoms with Gasteiger partial charge in [0, 0.05) is 30.9 Å². The van der Waals surface area contributed by atoms with Gasteiger partial charge in [-0.05, 0) is 11.6 Å². The largest absolute Gasteiger partial charge is 0.330 e. The van der Waals surface area contributed by atoms with Gasteiger partial charge in [-0.3, -0.25) is 10.2 Å². The lowest BCUT2D eigenvalue weighted by Crippen LogP contribution is -2.31. The van der Waals surface area contributed by atoms with E-state index in [-0.39, 0.29) is 5.91 Å². The predicted molar refractivity (Wildman–Crippen MR) is 68.8 cm³/mol. The summed E-state index contributed by atoms with van der Waals surface area (Å²) in [6.45, 7) is 2.67. The number of rotatable bonds is 4. The van der Waals surface area contributed by atoms with Crippen LogP contribution in [0.5, 0.6) is 0 Å². The number of carbonyl (C=O) groups excluding carboxylic acids is 1. The second-order valence-corrected chi connectivity index (χ2v) is 3.96. The van der Waals surface area contributed by atoms with Crippen LogP contribution < -0.4 is 11.3 Å². The Hall–Kier alpha value is -2.14. The topological polar surface area (TPSA) is 72.9 Å². The van der Waals surface area contributed by atoms with Crippen molar-refractivity contribution in [3.05, 3.63) is 53.6 Å². The Kier molecular flexibility index (Phi) is 3.74. The van der Waals surface area contributed by atoms with Crippen LogP contribution in [-0.2, 0) is 13.0 Å². The lowest BCUT2D eigenvalue weighted by molar-refractivity contribution is 0.0952. The molecule has 94 valence electrons. The molecule has 2 aromatic rings. The monoisotopic (exact) mass is 244 g/mol. The molecule has 5 nitrogen and oxygen atoms in total. The van der Waals surface area contributed by atoms with Gasteiger partial charge in [-0.25, -0.2) is 10.8 Å². The average Bonchev–Trinajstić information content (AvgIpc) is 2.86. The minimum Gasteiger partial charge on any atom is -0.330 e. The SMILES string of the molecule is CCc1nccn1Cc1ccccc1C(=O)NN. The summed E-state index contributed by atoms with van der Waals surface area (Å²) in [5.74, 6) is 5.91. The quantitative estimate of drug-likeness (QED) is 0.480. The third kappa shape index (κ3) is 2.41. The smallest absolute Gasteiger partial charge is 0.265 e. The number of imidazole rings is 1. The van der Waals surface area contributed by atoms with Crippen molar-refractivity contribution in [1.82, 2.24) is 15.0 Å². The highest BCUT2D eigenvalue weighted by Crippen LogP contribution is 2.12. The molecular formula is C13H16N4O. The van der Waals surface area contributed by atoms with E-state index in [9.17, 15) is 4.79 Å². The predicted octanol–water partition coefficient (Wildman–Crippen LogP) is 1.10. The number of hydrogen-bond acceptors (Lipinski definition) is 3. The van der Waals surface area contributed by atoms with E-state index in [0.717, 1.165) is 17.8 Å². The van der Waals surface area contributed by atoms with Crippen molar-refractivity contribution in [2.24, 2.45) is 5.84 Å². The summed E-state index contributed by atoms with van der Waals surface area (Å²) in [6.07, 6.45) is 4.54. The number of nitrogens with two attached hydrogens (primary N) is 1. The number of hydrazine groups is 1. The molecule has 0 bridgehead atoms. The first-order chi connectivity index (χ1) is 8.76. The van der Waals surface area contributed by atoms with Crippen LogP contribution in [0.2, 0.25) is 0 Å². The summed E-state index contributed by atoms with van der Waals surface area (Å²) in [7, 11) is 0. The van der Waals surface area contributed by atoms with Crippen molar-refractivity contribution in [2.45, 2.75) is 19.9 Å². The molecule has 0 radical (unpaired) electrons. The molecule has 1 amide bonds. The zero-order chi connectivity index (χ0) is 13.0. The lowest BCUT2D eigenvalue weighted by atomic mass is 10.1. The van der Waals surface area contributed by atoms with E-state index in [1.165, 1.54) is 0 Å². The standard InChI is InChI=1S/C13H16N4O/c1-2-12-15-7-8-17(12)9-10-5-3-4-6-11(10)13(18)16-14/h3-8H,2,9,14H2,1H3,(H,16,18). The molecule has 1 aromatic heterocycles. The second kappa shape index (κ2) is 5.46. The Morgan fingerprint density at radius 2 is 2.22 bits per heavy atom. The number of aryl methyl sites for hydroxylation is 1. The van der Waals surface area contributed by atoms with Gasteiger partial charge in [0.05, 0.1) is 0 Å². The van der Waals surface area contributed by atoms with E-state index >= 15 is 0 Å². The molecular weight excluding hydrogens is 228 g/mol. The summed E-state index contributed by atoms with van der Waals surface area (Å²) >= 11 is 0. The summed E-state index contributed by atoms with van der Waals surface area (Å²) in [6, 6.07) is 7.41. The highest BCUT2D eigenvalue weighted by molar-refractivity contribution is 5.95. The van der Waals surface area contributed by atoms with Crippen LogP contribution in [0.1, 0.15) is 28.7 Å². The molecule has 1 heterocycles. The van der Waals surface area contributed by atoms with Gasteiger partial charge in [0.1, 0.15) is 5.82 Å². The summed E-state index contributed by atoms with van der Waals surface area (Å²) < 4.78 is 2.03. The Morgan fingerprint density at radius 1 is 1.44 bits per heavy atom. The van der Waals surface area contributed by atoms with Crippen LogP contribution >= 0.6 is 0 Å². The van der Waals surface area contributed by atoms with Crippen molar-refractivity contribution in [2.75, 3.05) is 0 Å². The molecule has 18 heavy (non-hydrogen) atoms. The van der Waals surface area contributed by atoms with Gasteiger partial charge in [0.15, 0.2) is 0 Å². The van der Waals surface area contributed by atoms with Gasteiger partial charge in [-0.1, -0.05) is 25.1 Å². The first-order valence-electron chi connectivity index (χ1n) is 5.85. The fourth-order valence-corrected chi connectivity index (χ4v) is 1.94. The highest BCUT2D eigenvalue weighted by atomic mass is 16.2. The van der Waals surface area contributed by atoms with Crippen molar-refractivity contribution in [1.29, 1.82) is 0 Å². The normalized spacial score (nSPS) is 10.3. The highest BCUT2D eigenvalue weighted by Gasteiger charge is 2.10. The molecule has 0 fully saturated rings. The molecule has 0 atom stereocenters. The molecule has 3 N–H and O–H groups in total. The van der Waals surface area contributed by atoms with Crippen LogP contribution in [0.15, 0.2) is 36.7 Å². The van der Waals surface area contributed by atoms with Gasteiger partial charge in [0.25, 0.3) is 5.91 Å². The number of carbonyl (C=O) groups is 1. The van der Waals surface area contributed by atoms with E-state index in [2.05, 4.69) is 17.3 Å². The number of benzene rings is 1. The number of hydrogen-bond donors (Lipinski definition) is 2. The van der Waals surface area contributed by atoms with Crippen molar-refractivity contribution < 1.29 is 4.79 Å². The minimum atomic E-state index is -0.274. The van der Waals surface area contributed by atoms with Crippen molar-refractivity contribution >= 4 is 5.91 Å². The maximum Gasteiger partial charge on any atom is 0.265 e. The van der Waals surface area contributed by atoms with Gasteiger partial charge in [-0.15, -0.1) is 0 Å². The van der Waals surface area contributed by atoms with Crippen LogP contribution in [0.25, 0.3) is 0 Å². The van der Waals surface area contributed by atoms with Gasteiger partial charge < -0.3 is 4.57 Å². The van der Waals surface area contributed by atoms with Crippen LogP contribution in [0, 0.1) is 0 Å². The van der Waals surface area contributed by atoms with E-state index in [4.69, 9.17) is 5.84 Å². The van der Waals surface area contributed by atoms with Crippen LogP contribution in [0.3, 0.4) is 0 Å². The van der Waals surface area contributed by atoms with Crippen LogP contribution in [-0.4, -0.2) is 15.5 Å². The molecule has 1 aromatic carbocycles. The number of nitrogens with one attached hydrogen (secondary N) is 1. The van der Waals surface area contributed by atoms with Gasteiger partial charge in [-0.2, -0.15) is 0 Å². The molecule has 0 aliphatic carbocycles. The summed E-state index contributed by atoms with van der Waals surface area (Å²) in [5, 5.41) is 0. The van der Waals surface area contributed by atoms with Crippen LogP contribution in [0.4, 0.5) is 0 Å². The maximum absolute atomic E-state index is 11.7. The van der Waals surface area contributed by atoms with Crippen molar-refractivity contribution in [3.8, 4) is 0 Å². The first kappa shape index (κ1) is 12.3. The molecule has 0 saturated carbocycles. The average molecular weight is 244 g/mol. The third-order valence-electron chi connectivity index (χ3n) is 2.85. The van der Waals surface area contributed by atoms with Crippen molar-refractivity contribution in [3.63, 3.8) is 0 Å². The summed E-state index contributed by atoms with van der Waals surface area (Å²) in [4.78, 5) is 15.9. The minimum absolute atomic E-state index is 0.274. The second-order valence-electron chi connectivity index (χ2n) is 3.96. The molecule has 5 heteroatoms. The Labute approximate surface area is 106 Å². The number of aromatic nitrogens is 2. The van der Waals surface area contributed by atoms with E-state index in [1.807, 2.05) is 29.0 Å². The van der Waals surface area contributed by atoms with Gasteiger partial charge >= 0.3 is 0 Å². The Morgan fingerprint density at radius 3 is 2.94 bits per heavy atom. The van der Waals surface area contributed by atoms with E-state index in [1.54, 1.807) is 12.3 Å². The zero-order valence-electron chi connectivity index (χ0n) is 10.3. The Balaban J connectivity index is 2.32. The third-order valence-corrected chi connectivity index (χ3v) is 2.85. The maximum atomic E-state index is 11.7.